The van der Waals surface area contributed by atoms with E-state index in [0.29, 0.717) is 11.1 Å². The molecule has 1 atom stereocenters. The molecule has 0 fully saturated rings. The first-order chi connectivity index (χ1) is 18.4. The second-order valence-corrected chi connectivity index (χ2v) is 10.2. The summed E-state index contributed by atoms with van der Waals surface area (Å²) >= 11 is 0. The highest BCUT2D eigenvalue weighted by molar-refractivity contribution is 6.24. The predicted molar refractivity (Wildman–Crippen MR) is 144 cm³/mol. The maximum Gasteiger partial charge on any atom is 0.421 e. The third-order valence-electron chi connectivity index (χ3n) is 6.62. The van der Waals surface area contributed by atoms with Crippen molar-refractivity contribution in [3.05, 3.63) is 122 Å². The van der Waals surface area contributed by atoms with Crippen LogP contribution in [0.25, 0.3) is 10.8 Å². The number of ether oxygens (including phenoxy) is 1. The second kappa shape index (κ2) is 9.02. The summed E-state index contributed by atoms with van der Waals surface area (Å²) < 4.78 is 5.56. The Bertz CT molecular complexity index is 1690. The van der Waals surface area contributed by atoms with Crippen LogP contribution in [-0.2, 0) is 14.9 Å². The number of rotatable bonds is 4. The number of benzene rings is 4. The van der Waals surface area contributed by atoms with Gasteiger partial charge in [0.1, 0.15) is 11.0 Å². The minimum Gasteiger partial charge on any atom is -0.443 e. The fourth-order valence-electron chi connectivity index (χ4n) is 5.09. The molecule has 4 aromatic rings. The van der Waals surface area contributed by atoms with E-state index in [0.717, 1.165) is 27.8 Å². The van der Waals surface area contributed by atoms with Crippen LogP contribution in [0.1, 0.15) is 37.5 Å². The summed E-state index contributed by atoms with van der Waals surface area (Å²) in [7, 11) is 0. The van der Waals surface area contributed by atoms with Crippen molar-refractivity contribution in [3.8, 4) is 0 Å². The van der Waals surface area contributed by atoms with E-state index in [1.54, 1.807) is 63.2 Å². The Morgan fingerprint density at radius 2 is 1.49 bits per heavy atom. The van der Waals surface area contributed by atoms with E-state index in [-0.39, 0.29) is 11.3 Å². The first-order valence-corrected chi connectivity index (χ1v) is 12.0. The van der Waals surface area contributed by atoms with Crippen LogP contribution < -0.4 is 4.90 Å². The number of imide groups is 1. The molecule has 0 radical (unpaired) electrons. The van der Waals surface area contributed by atoms with Gasteiger partial charge in [0.05, 0.1) is 27.2 Å². The van der Waals surface area contributed by atoms with Crippen LogP contribution in [-0.4, -0.2) is 27.4 Å². The molecule has 0 saturated heterocycles. The number of non-ortho nitro benzene ring substituents is 1. The standard InChI is InChI=1S/C29H23N3O7/c1-28(2,3)39-27(34)30-24-11-7-6-10-22(24)29(26(30)33,20-13-12-18-8-4-5-9-19(18)16-20)23-15-14-21(31(35)36)17-25(23)32(37)38/h4-17H,1-3H3/t29-/m0/s1. The minimum atomic E-state index is -1.88. The third-order valence-corrected chi connectivity index (χ3v) is 6.62. The fourth-order valence-corrected chi connectivity index (χ4v) is 5.09. The lowest BCUT2D eigenvalue weighted by Gasteiger charge is -2.30. The van der Waals surface area contributed by atoms with Crippen LogP contribution in [0.4, 0.5) is 21.9 Å². The highest BCUT2D eigenvalue weighted by Gasteiger charge is 2.58. The highest BCUT2D eigenvalue weighted by atomic mass is 16.6. The summed E-state index contributed by atoms with van der Waals surface area (Å²) in [6.07, 6.45) is -0.938. The molecule has 0 unspecified atom stereocenters. The van der Waals surface area contributed by atoms with Crippen LogP contribution in [0.3, 0.4) is 0 Å². The van der Waals surface area contributed by atoms with Gasteiger partial charge < -0.3 is 4.74 Å². The molecular formula is C29H23N3O7. The average molecular weight is 526 g/mol. The lowest BCUT2D eigenvalue weighted by molar-refractivity contribution is -0.394. The van der Waals surface area contributed by atoms with Crippen molar-refractivity contribution in [2.75, 3.05) is 4.90 Å². The zero-order valence-electron chi connectivity index (χ0n) is 21.3. The number of amides is 2. The minimum absolute atomic E-state index is 0.100. The maximum atomic E-state index is 14.6. The number of nitrogens with zero attached hydrogens (tertiary/aromatic N) is 3. The third kappa shape index (κ3) is 4.06. The Morgan fingerprint density at radius 1 is 0.821 bits per heavy atom. The van der Waals surface area contributed by atoms with Gasteiger partial charge >= 0.3 is 6.09 Å². The molecule has 0 bridgehead atoms. The number of carbonyl (C=O) groups is 2. The summed E-state index contributed by atoms with van der Waals surface area (Å²) in [4.78, 5) is 51.2. The largest absolute Gasteiger partial charge is 0.443 e. The second-order valence-electron chi connectivity index (χ2n) is 10.2. The summed E-state index contributed by atoms with van der Waals surface area (Å²) in [6.45, 7) is 4.99. The molecule has 0 saturated carbocycles. The summed E-state index contributed by atoms with van der Waals surface area (Å²) in [5.74, 6) is -0.787. The van der Waals surface area contributed by atoms with Gasteiger partial charge in [0.2, 0.25) is 0 Å². The monoisotopic (exact) mass is 525 g/mol. The number of hydrogen-bond acceptors (Lipinski definition) is 7. The first-order valence-electron chi connectivity index (χ1n) is 12.0. The number of anilines is 1. The normalized spacial score (nSPS) is 16.7. The van der Waals surface area contributed by atoms with Gasteiger partial charge in [-0.3, -0.25) is 25.0 Å². The van der Waals surface area contributed by atoms with Gasteiger partial charge in [-0.15, -0.1) is 0 Å². The van der Waals surface area contributed by atoms with Gasteiger partial charge in [0.15, 0.2) is 0 Å². The molecule has 0 aliphatic carbocycles. The van der Waals surface area contributed by atoms with E-state index < -0.39 is 44.2 Å². The van der Waals surface area contributed by atoms with Crippen molar-refractivity contribution in [3.63, 3.8) is 0 Å². The Labute approximate surface area is 222 Å². The van der Waals surface area contributed by atoms with Crippen molar-refractivity contribution in [1.29, 1.82) is 0 Å². The summed E-state index contributed by atoms with van der Waals surface area (Å²) in [5.41, 5.74) is -3.15. The van der Waals surface area contributed by atoms with Crippen LogP contribution >= 0.6 is 0 Å². The van der Waals surface area contributed by atoms with Crippen molar-refractivity contribution in [1.82, 2.24) is 0 Å². The Balaban J connectivity index is 1.89. The van der Waals surface area contributed by atoms with Gasteiger partial charge in [-0.2, -0.15) is 0 Å². The Kier molecular flexibility index (Phi) is 5.90. The molecule has 0 N–H and O–H groups in total. The number of nitro groups is 2. The number of fused-ring (bicyclic) bond motifs is 2. The average Bonchev–Trinajstić information content (AvgIpc) is 3.15. The van der Waals surface area contributed by atoms with Crippen molar-refractivity contribution in [2.45, 2.75) is 31.8 Å². The van der Waals surface area contributed by atoms with Gasteiger partial charge in [-0.1, -0.05) is 54.6 Å². The molecule has 0 aromatic heterocycles. The zero-order chi connectivity index (χ0) is 28.1. The number of carbonyl (C=O) groups excluding carboxylic acids is 2. The van der Waals surface area contributed by atoms with E-state index in [1.165, 1.54) is 6.07 Å². The molecule has 0 spiro atoms. The lowest BCUT2D eigenvalue weighted by atomic mass is 9.69. The van der Waals surface area contributed by atoms with E-state index in [9.17, 15) is 29.8 Å². The van der Waals surface area contributed by atoms with Gasteiger partial charge in [0, 0.05) is 11.6 Å². The van der Waals surface area contributed by atoms with Crippen LogP contribution in [0, 0.1) is 20.2 Å². The van der Waals surface area contributed by atoms with Crippen molar-refractivity contribution < 1.29 is 24.2 Å². The quantitative estimate of drug-likeness (QED) is 0.226. The van der Waals surface area contributed by atoms with Crippen LogP contribution in [0.15, 0.2) is 84.9 Å². The van der Waals surface area contributed by atoms with E-state index in [2.05, 4.69) is 0 Å². The molecule has 1 aliphatic heterocycles. The fraction of sp³-hybridized carbons (Fsp3) is 0.172. The molecule has 39 heavy (non-hydrogen) atoms. The molecule has 5 rings (SSSR count). The number of nitro benzene ring substituents is 2. The lowest BCUT2D eigenvalue weighted by Crippen LogP contribution is -2.46. The molecule has 10 nitrogen and oxygen atoms in total. The van der Waals surface area contributed by atoms with Gasteiger partial charge in [-0.05, 0) is 55.3 Å². The van der Waals surface area contributed by atoms with Gasteiger partial charge in [-0.25, -0.2) is 9.69 Å². The predicted octanol–water partition coefficient (Wildman–Crippen LogP) is 6.27. The SMILES string of the molecule is CC(C)(C)OC(=O)N1C(=O)[C@](c2ccc3ccccc3c2)(c2ccc([N+](=O)[O-])cc2[N+](=O)[O-])c2ccccc21. The van der Waals surface area contributed by atoms with Crippen molar-refractivity contribution >= 4 is 39.8 Å². The summed E-state index contributed by atoms with van der Waals surface area (Å²) in [5, 5.41) is 25.5. The molecular weight excluding hydrogens is 502 g/mol. The molecule has 2 amide bonds. The zero-order valence-corrected chi connectivity index (χ0v) is 21.3. The van der Waals surface area contributed by atoms with E-state index in [1.807, 2.05) is 24.3 Å². The molecule has 196 valence electrons. The molecule has 10 heteroatoms. The Hall–Kier alpha value is -5.12. The maximum absolute atomic E-state index is 14.6. The van der Waals surface area contributed by atoms with Gasteiger partial charge in [0.25, 0.3) is 17.3 Å². The van der Waals surface area contributed by atoms with Crippen molar-refractivity contribution in [2.24, 2.45) is 0 Å². The number of hydrogen-bond donors (Lipinski definition) is 0. The molecule has 1 heterocycles. The van der Waals surface area contributed by atoms with Crippen LogP contribution in [0.2, 0.25) is 0 Å². The number of para-hydroxylation sites is 1. The summed E-state index contributed by atoms with van der Waals surface area (Å²) in [6, 6.07) is 22.3. The van der Waals surface area contributed by atoms with E-state index >= 15 is 0 Å². The molecule has 4 aromatic carbocycles. The van der Waals surface area contributed by atoms with Crippen LogP contribution in [0.5, 0.6) is 0 Å². The topological polar surface area (TPSA) is 133 Å². The molecule has 1 aliphatic rings. The van der Waals surface area contributed by atoms with E-state index in [4.69, 9.17) is 4.74 Å². The highest BCUT2D eigenvalue weighted by Crippen LogP contribution is 2.53. The Morgan fingerprint density at radius 3 is 2.15 bits per heavy atom. The smallest absolute Gasteiger partial charge is 0.421 e. The first kappa shape index (κ1) is 25.5.